The van der Waals surface area contributed by atoms with E-state index in [0.29, 0.717) is 5.56 Å². The molecule has 0 aliphatic carbocycles. The van der Waals surface area contributed by atoms with Crippen molar-refractivity contribution in [2.75, 3.05) is 6.54 Å². The largest absolute Gasteiger partial charge is 0.390 e. The second-order valence-electron chi connectivity index (χ2n) is 5.25. The standard InChI is InChI=1S/C15H18N4O5/c1-10(20)16-7-6-14(21)15(22)11-8-17-18(9-11)12-4-2-3-5-13(12)19(23)24/h2-5,8-9,14-15,21-22H,6-7H2,1H3,(H,16,20). The third-order valence-electron chi connectivity index (χ3n) is 3.45. The van der Waals surface area contributed by atoms with Crippen LogP contribution in [0.3, 0.4) is 0 Å². The van der Waals surface area contributed by atoms with Crippen molar-refractivity contribution in [1.82, 2.24) is 15.1 Å². The summed E-state index contributed by atoms with van der Waals surface area (Å²) in [5.74, 6) is -0.221. The van der Waals surface area contributed by atoms with Gasteiger partial charge in [0, 0.05) is 31.3 Å². The molecule has 2 rings (SSSR count). The summed E-state index contributed by atoms with van der Waals surface area (Å²) in [5.41, 5.74) is 0.463. The molecule has 2 atom stereocenters. The number of amides is 1. The number of rotatable bonds is 7. The highest BCUT2D eigenvalue weighted by Gasteiger charge is 2.21. The van der Waals surface area contributed by atoms with E-state index in [1.807, 2.05) is 0 Å². The van der Waals surface area contributed by atoms with Crippen LogP contribution in [-0.2, 0) is 4.79 Å². The second-order valence-corrected chi connectivity index (χ2v) is 5.25. The van der Waals surface area contributed by atoms with Gasteiger partial charge in [0.2, 0.25) is 5.91 Å². The molecule has 0 aliphatic rings. The topological polar surface area (TPSA) is 131 Å². The van der Waals surface area contributed by atoms with E-state index in [4.69, 9.17) is 0 Å². The number of aliphatic hydroxyl groups is 2. The molecule has 1 aromatic heterocycles. The molecule has 0 bridgehead atoms. The molecule has 0 saturated heterocycles. The summed E-state index contributed by atoms with van der Waals surface area (Å²) in [6.07, 6.45) is 0.616. The fourth-order valence-corrected chi connectivity index (χ4v) is 2.21. The SMILES string of the molecule is CC(=O)NCCC(O)C(O)c1cnn(-c2ccccc2[N+](=O)[O-])c1. The van der Waals surface area contributed by atoms with Crippen LogP contribution in [-0.4, -0.2) is 43.5 Å². The van der Waals surface area contributed by atoms with Crippen LogP contribution in [0.2, 0.25) is 0 Å². The monoisotopic (exact) mass is 334 g/mol. The van der Waals surface area contributed by atoms with E-state index in [0.717, 1.165) is 0 Å². The molecule has 3 N–H and O–H groups in total. The van der Waals surface area contributed by atoms with Crippen molar-refractivity contribution in [2.45, 2.75) is 25.6 Å². The van der Waals surface area contributed by atoms with E-state index in [2.05, 4.69) is 10.4 Å². The van der Waals surface area contributed by atoms with Gasteiger partial charge in [0.05, 0.1) is 17.2 Å². The molecule has 9 nitrogen and oxygen atoms in total. The average molecular weight is 334 g/mol. The van der Waals surface area contributed by atoms with Crippen LogP contribution in [0, 0.1) is 10.1 Å². The van der Waals surface area contributed by atoms with Gasteiger partial charge in [0.25, 0.3) is 5.69 Å². The molecule has 1 aromatic carbocycles. The minimum Gasteiger partial charge on any atom is -0.390 e. The van der Waals surface area contributed by atoms with Crippen molar-refractivity contribution in [3.8, 4) is 5.69 Å². The summed E-state index contributed by atoms with van der Waals surface area (Å²) < 4.78 is 1.28. The van der Waals surface area contributed by atoms with Crippen molar-refractivity contribution in [1.29, 1.82) is 0 Å². The molecule has 2 aromatic rings. The Balaban J connectivity index is 2.13. The predicted molar refractivity (Wildman–Crippen MR) is 84.5 cm³/mol. The first-order valence-electron chi connectivity index (χ1n) is 7.29. The maximum Gasteiger partial charge on any atom is 0.294 e. The lowest BCUT2D eigenvalue weighted by Gasteiger charge is -2.16. The molecule has 0 radical (unpaired) electrons. The Hall–Kier alpha value is -2.78. The van der Waals surface area contributed by atoms with Crippen molar-refractivity contribution >= 4 is 11.6 Å². The smallest absolute Gasteiger partial charge is 0.294 e. The van der Waals surface area contributed by atoms with E-state index in [1.165, 1.54) is 36.1 Å². The number of carbonyl (C=O) groups is 1. The van der Waals surface area contributed by atoms with Gasteiger partial charge in [-0.1, -0.05) is 12.1 Å². The first kappa shape index (κ1) is 17.6. The Morgan fingerprint density at radius 3 is 2.79 bits per heavy atom. The summed E-state index contributed by atoms with van der Waals surface area (Å²) in [5, 5.41) is 37.7. The Kier molecular flexibility index (Phi) is 5.61. The van der Waals surface area contributed by atoms with E-state index >= 15 is 0 Å². The van der Waals surface area contributed by atoms with Gasteiger partial charge in [-0.05, 0) is 12.5 Å². The fraction of sp³-hybridized carbons (Fsp3) is 0.333. The zero-order valence-electron chi connectivity index (χ0n) is 13.0. The van der Waals surface area contributed by atoms with Crippen LogP contribution in [0.25, 0.3) is 5.69 Å². The maximum atomic E-state index is 11.1. The van der Waals surface area contributed by atoms with Crippen LogP contribution in [0.1, 0.15) is 25.0 Å². The number of hydrogen-bond donors (Lipinski definition) is 3. The zero-order valence-corrected chi connectivity index (χ0v) is 13.0. The van der Waals surface area contributed by atoms with Crippen LogP contribution >= 0.6 is 0 Å². The van der Waals surface area contributed by atoms with Gasteiger partial charge in [-0.3, -0.25) is 14.9 Å². The van der Waals surface area contributed by atoms with Gasteiger partial charge in [-0.25, -0.2) is 4.68 Å². The second kappa shape index (κ2) is 7.66. The average Bonchev–Trinajstić information content (AvgIpc) is 3.03. The zero-order chi connectivity index (χ0) is 17.7. The highest BCUT2D eigenvalue weighted by molar-refractivity contribution is 5.72. The molecular weight excluding hydrogens is 316 g/mol. The van der Waals surface area contributed by atoms with Crippen LogP contribution in [0.15, 0.2) is 36.7 Å². The van der Waals surface area contributed by atoms with Crippen molar-refractivity contribution in [2.24, 2.45) is 0 Å². The van der Waals surface area contributed by atoms with Gasteiger partial charge in [-0.15, -0.1) is 0 Å². The molecule has 9 heteroatoms. The number of nitrogens with one attached hydrogen (secondary N) is 1. The van der Waals surface area contributed by atoms with Gasteiger partial charge in [0.15, 0.2) is 0 Å². The molecular formula is C15H18N4O5. The van der Waals surface area contributed by atoms with Gasteiger partial charge >= 0.3 is 0 Å². The van der Waals surface area contributed by atoms with Gasteiger partial charge < -0.3 is 15.5 Å². The highest BCUT2D eigenvalue weighted by Crippen LogP contribution is 2.24. The van der Waals surface area contributed by atoms with Crippen molar-refractivity contribution in [3.63, 3.8) is 0 Å². The number of nitro groups is 1. The van der Waals surface area contributed by atoms with Gasteiger partial charge in [-0.2, -0.15) is 5.10 Å². The number of nitrogens with zero attached hydrogens (tertiary/aromatic N) is 3. The van der Waals surface area contributed by atoms with Crippen molar-refractivity contribution in [3.05, 3.63) is 52.3 Å². The number of benzene rings is 1. The number of carbonyl (C=O) groups excluding carboxylic acids is 1. The summed E-state index contributed by atoms with van der Waals surface area (Å²) in [4.78, 5) is 21.3. The van der Waals surface area contributed by atoms with Crippen LogP contribution in [0.5, 0.6) is 0 Å². The number of aromatic nitrogens is 2. The summed E-state index contributed by atoms with van der Waals surface area (Å²) in [6.45, 7) is 1.59. The quantitative estimate of drug-likeness (QED) is 0.505. The van der Waals surface area contributed by atoms with Crippen molar-refractivity contribution < 1.29 is 19.9 Å². The first-order chi connectivity index (χ1) is 11.4. The maximum absolute atomic E-state index is 11.1. The molecule has 1 heterocycles. The molecule has 1 amide bonds. The lowest BCUT2D eigenvalue weighted by Crippen LogP contribution is -2.27. The number of para-hydroxylation sites is 2. The summed E-state index contributed by atoms with van der Waals surface area (Å²) in [6, 6.07) is 6.08. The fourth-order valence-electron chi connectivity index (χ4n) is 2.21. The van der Waals surface area contributed by atoms with E-state index in [9.17, 15) is 25.1 Å². The lowest BCUT2D eigenvalue weighted by molar-refractivity contribution is -0.384. The first-order valence-corrected chi connectivity index (χ1v) is 7.29. The Labute approximate surface area is 137 Å². The molecule has 0 saturated carbocycles. The number of aliphatic hydroxyl groups excluding tert-OH is 2. The van der Waals surface area contributed by atoms with Gasteiger partial charge in [0.1, 0.15) is 11.8 Å². The molecule has 24 heavy (non-hydrogen) atoms. The van der Waals surface area contributed by atoms with E-state index in [1.54, 1.807) is 12.1 Å². The molecule has 2 unspecified atom stereocenters. The van der Waals surface area contributed by atoms with Crippen LogP contribution < -0.4 is 5.32 Å². The Morgan fingerprint density at radius 2 is 2.12 bits per heavy atom. The molecule has 128 valence electrons. The molecule has 0 spiro atoms. The lowest BCUT2D eigenvalue weighted by atomic mass is 10.1. The van der Waals surface area contributed by atoms with E-state index in [-0.39, 0.29) is 30.2 Å². The molecule has 0 fully saturated rings. The third kappa shape index (κ3) is 4.15. The predicted octanol–water partition coefficient (Wildman–Crippen LogP) is 0.701. The molecule has 0 aliphatic heterocycles. The Morgan fingerprint density at radius 1 is 1.42 bits per heavy atom. The number of nitro benzene ring substituents is 1. The third-order valence-corrected chi connectivity index (χ3v) is 3.45. The number of hydrogen-bond acceptors (Lipinski definition) is 6. The summed E-state index contributed by atoms with van der Waals surface area (Å²) >= 11 is 0. The minimum atomic E-state index is -1.21. The summed E-state index contributed by atoms with van der Waals surface area (Å²) in [7, 11) is 0. The minimum absolute atomic E-state index is 0.118. The normalized spacial score (nSPS) is 13.3. The van der Waals surface area contributed by atoms with Crippen LogP contribution in [0.4, 0.5) is 5.69 Å². The van der Waals surface area contributed by atoms with E-state index < -0.39 is 17.1 Å². The Bertz CT molecular complexity index is 730. The highest BCUT2D eigenvalue weighted by atomic mass is 16.6.